The minimum Gasteiger partial charge on any atom is -0.351 e. The minimum atomic E-state index is 0.248. The van der Waals surface area contributed by atoms with Crippen LogP contribution in [-0.4, -0.2) is 21.5 Å². The molecule has 21 heavy (non-hydrogen) atoms. The number of anilines is 1. The van der Waals surface area contributed by atoms with Gasteiger partial charge in [-0.3, -0.25) is 4.98 Å². The zero-order chi connectivity index (χ0) is 15.4. The number of halogens is 1. The fourth-order valence-electron chi connectivity index (χ4n) is 2.08. The lowest BCUT2D eigenvalue weighted by atomic mass is 10.2. The van der Waals surface area contributed by atoms with Crippen LogP contribution in [0.5, 0.6) is 0 Å². The van der Waals surface area contributed by atoms with Gasteiger partial charge in [0.1, 0.15) is 16.8 Å². The van der Waals surface area contributed by atoms with Gasteiger partial charge < -0.3 is 4.90 Å². The van der Waals surface area contributed by atoms with Crippen LogP contribution >= 0.6 is 11.6 Å². The summed E-state index contributed by atoms with van der Waals surface area (Å²) in [6.45, 7) is 9.77. The van der Waals surface area contributed by atoms with Gasteiger partial charge in [-0.15, -0.1) is 0 Å². The molecule has 0 unspecified atom stereocenters. The van der Waals surface area contributed by atoms with E-state index >= 15 is 0 Å². The highest BCUT2D eigenvalue weighted by Gasteiger charge is 2.13. The van der Waals surface area contributed by atoms with Crippen LogP contribution in [0.15, 0.2) is 24.3 Å². The van der Waals surface area contributed by atoms with Crippen molar-refractivity contribution in [2.75, 3.05) is 11.4 Å². The second-order valence-electron chi connectivity index (χ2n) is 5.35. The Balaban J connectivity index is 2.29. The quantitative estimate of drug-likeness (QED) is 0.783. The summed E-state index contributed by atoms with van der Waals surface area (Å²) in [7, 11) is 0. The molecule has 0 aromatic carbocycles. The van der Waals surface area contributed by atoms with E-state index < -0.39 is 0 Å². The lowest BCUT2D eigenvalue weighted by Gasteiger charge is -2.22. The van der Waals surface area contributed by atoms with Crippen LogP contribution in [-0.2, 0) is 6.54 Å². The Labute approximate surface area is 131 Å². The maximum Gasteiger partial charge on any atom is 0.135 e. The van der Waals surface area contributed by atoms with E-state index in [1.165, 1.54) is 0 Å². The van der Waals surface area contributed by atoms with Gasteiger partial charge in [-0.2, -0.15) is 0 Å². The van der Waals surface area contributed by atoms with Crippen LogP contribution in [0.3, 0.4) is 0 Å². The van der Waals surface area contributed by atoms with E-state index in [4.69, 9.17) is 11.6 Å². The molecular formula is C16H21ClN4. The Bertz CT molecular complexity index is 613. The highest BCUT2D eigenvalue weighted by atomic mass is 35.5. The average Bonchev–Trinajstić information content (AvgIpc) is 2.44. The molecular weight excluding hydrogens is 284 g/mol. The number of aryl methyl sites for hydroxylation is 1. The van der Waals surface area contributed by atoms with Crippen molar-refractivity contribution in [3.05, 3.63) is 46.6 Å². The van der Waals surface area contributed by atoms with Crippen molar-refractivity contribution in [2.24, 2.45) is 0 Å². The van der Waals surface area contributed by atoms with Gasteiger partial charge in [0.2, 0.25) is 0 Å². The van der Waals surface area contributed by atoms with E-state index in [2.05, 4.69) is 40.6 Å². The molecule has 0 spiro atoms. The van der Waals surface area contributed by atoms with Crippen LogP contribution in [0.25, 0.3) is 0 Å². The number of hydrogen-bond donors (Lipinski definition) is 0. The van der Waals surface area contributed by atoms with Crippen LogP contribution < -0.4 is 4.90 Å². The number of hydrogen-bond acceptors (Lipinski definition) is 4. The van der Waals surface area contributed by atoms with Crippen molar-refractivity contribution in [1.82, 2.24) is 15.0 Å². The molecule has 0 fully saturated rings. The van der Waals surface area contributed by atoms with E-state index in [9.17, 15) is 0 Å². The van der Waals surface area contributed by atoms with Crippen molar-refractivity contribution in [1.29, 1.82) is 0 Å². The lowest BCUT2D eigenvalue weighted by molar-refractivity contribution is 0.741. The van der Waals surface area contributed by atoms with Crippen molar-refractivity contribution < 1.29 is 0 Å². The van der Waals surface area contributed by atoms with Gasteiger partial charge in [0.15, 0.2) is 0 Å². The van der Waals surface area contributed by atoms with Crippen LogP contribution in [0.2, 0.25) is 5.15 Å². The van der Waals surface area contributed by atoms with Gasteiger partial charge in [0.05, 0.1) is 12.2 Å². The summed E-state index contributed by atoms with van der Waals surface area (Å²) in [6.07, 6.45) is 0. The molecule has 0 N–H and O–H groups in total. The molecule has 2 heterocycles. The fourth-order valence-corrected chi connectivity index (χ4v) is 2.27. The summed E-state index contributed by atoms with van der Waals surface area (Å²) < 4.78 is 0. The largest absolute Gasteiger partial charge is 0.351 e. The van der Waals surface area contributed by atoms with E-state index in [0.29, 0.717) is 11.7 Å². The number of rotatable bonds is 5. The normalized spacial score (nSPS) is 11.0. The molecule has 0 atom stereocenters. The topological polar surface area (TPSA) is 41.9 Å². The SMILES string of the molecule is CCN(Cc1cccc(C)n1)c1cc(Cl)nc(C(C)C)n1. The van der Waals surface area contributed by atoms with E-state index in [1.807, 2.05) is 31.2 Å². The first kappa shape index (κ1) is 15.7. The Kier molecular flexibility index (Phi) is 5.12. The highest BCUT2D eigenvalue weighted by Crippen LogP contribution is 2.21. The average molecular weight is 305 g/mol. The zero-order valence-corrected chi connectivity index (χ0v) is 13.7. The molecule has 2 rings (SSSR count). The molecule has 2 aromatic rings. The third kappa shape index (κ3) is 4.14. The summed E-state index contributed by atoms with van der Waals surface area (Å²) >= 11 is 6.13. The maximum atomic E-state index is 6.13. The first-order chi connectivity index (χ1) is 9.99. The molecule has 0 saturated heterocycles. The standard InChI is InChI=1S/C16H21ClN4/c1-5-21(10-13-8-6-7-12(4)18-13)15-9-14(17)19-16(20-15)11(2)3/h6-9,11H,5,10H2,1-4H3. The number of aromatic nitrogens is 3. The molecule has 0 amide bonds. The predicted octanol–water partition coefficient (Wildman–Crippen LogP) is 3.98. The third-order valence-corrected chi connectivity index (χ3v) is 3.41. The Morgan fingerprint density at radius 3 is 2.57 bits per heavy atom. The number of pyridine rings is 1. The molecule has 0 bridgehead atoms. The van der Waals surface area contributed by atoms with Gasteiger partial charge >= 0.3 is 0 Å². The predicted molar refractivity (Wildman–Crippen MR) is 86.8 cm³/mol. The van der Waals surface area contributed by atoms with Crippen LogP contribution in [0.1, 0.15) is 43.9 Å². The smallest absolute Gasteiger partial charge is 0.135 e. The summed E-state index contributed by atoms with van der Waals surface area (Å²) in [6, 6.07) is 7.87. The number of nitrogens with zero attached hydrogens (tertiary/aromatic N) is 4. The summed E-state index contributed by atoms with van der Waals surface area (Å²) in [5.41, 5.74) is 2.05. The van der Waals surface area contributed by atoms with Crippen molar-refractivity contribution in [3.8, 4) is 0 Å². The molecule has 0 aliphatic heterocycles. The molecule has 0 saturated carbocycles. The molecule has 4 nitrogen and oxygen atoms in total. The minimum absolute atomic E-state index is 0.248. The van der Waals surface area contributed by atoms with Gasteiger partial charge in [-0.25, -0.2) is 9.97 Å². The van der Waals surface area contributed by atoms with E-state index in [0.717, 1.165) is 29.6 Å². The summed E-state index contributed by atoms with van der Waals surface area (Å²) in [5, 5.41) is 0.486. The van der Waals surface area contributed by atoms with Crippen molar-refractivity contribution in [2.45, 2.75) is 40.2 Å². The fraction of sp³-hybridized carbons (Fsp3) is 0.438. The molecule has 0 radical (unpaired) electrons. The Hall–Kier alpha value is -1.68. The molecule has 112 valence electrons. The Morgan fingerprint density at radius 2 is 1.95 bits per heavy atom. The van der Waals surface area contributed by atoms with Gasteiger partial charge in [0.25, 0.3) is 0 Å². The molecule has 2 aromatic heterocycles. The van der Waals surface area contributed by atoms with Gasteiger partial charge in [0, 0.05) is 24.2 Å². The maximum absolute atomic E-state index is 6.13. The highest BCUT2D eigenvalue weighted by molar-refractivity contribution is 6.29. The summed E-state index contributed by atoms with van der Waals surface area (Å²) in [5.74, 6) is 1.87. The summed E-state index contributed by atoms with van der Waals surface area (Å²) in [4.78, 5) is 15.6. The Morgan fingerprint density at radius 1 is 1.19 bits per heavy atom. The second kappa shape index (κ2) is 6.85. The molecule has 0 aliphatic carbocycles. The van der Waals surface area contributed by atoms with Gasteiger partial charge in [-0.05, 0) is 26.0 Å². The van der Waals surface area contributed by atoms with Gasteiger partial charge in [-0.1, -0.05) is 31.5 Å². The first-order valence-corrected chi connectivity index (χ1v) is 7.59. The van der Waals surface area contributed by atoms with Crippen LogP contribution in [0, 0.1) is 6.92 Å². The second-order valence-corrected chi connectivity index (χ2v) is 5.73. The van der Waals surface area contributed by atoms with Crippen molar-refractivity contribution >= 4 is 17.4 Å². The monoisotopic (exact) mass is 304 g/mol. The van der Waals surface area contributed by atoms with Crippen molar-refractivity contribution in [3.63, 3.8) is 0 Å². The van der Waals surface area contributed by atoms with E-state index in [1.54, 1.807) is 0 Å². The lowest BCUT2D eigenvalue weighted by Crippen LogP contribution is -2.24. The molecule has 0 aliphatic rings. The van der Waals surface area contributed by atoms with Crippen LogP contribution in [0.4, 0.5) is 5.82 Å². The third-order valence-electron chi connectivity index (χ3n) is 3.22. The first-order valence-electron chi connectivity index (χ1n) is 7.21. The zero-order valence-electron chi connectivity index (χ0n) is 13.0. The molecule has 5 heteroatoms. The van der Waals surface area contributed by atoms with E-state index in [-0.39, 0.29) is 5.92 Å².